The van der Waals surface area contributed by atoms with Crippen LogP contribution in [0.15, 0.2) is 18.2 Å². The third kappa shape index (κ3) is 5.31. The van der Waals surface area contributed by atoms with Crippen LogP contribution in [0.3, 0.4) is 0 Å². The van der Waals surface area contributed by atoms with E-state index in [1.165, 1.54) is 13.2 Å². The summed E-state index contributed by atoms with van der Waals surface area (Å²) in [4.78, 5) is 34.2. The second kappa shape index (κ2) is 7.49. The third-order valence-corrected chi connectivity index (χ3v) is 2.82. The summed E-state index contributed by atoms with van der Waals surface area (Å²) in [6, 6.07) is 4.67. The lowest BCUT2D eigenvalue weighted by Crippen LogP contribution is -2.40. The summed E-state index contributed by atoms with van der Waals surface area (Å²) in [5.41, 5.74) is 0.454. The summed E-state index contributed by atoms with van der Waals surface area (Å²) >= 11 is 5.84. The van der Waals surface area contributed by atoms with Gasteiger partial charge < -0.3 is 19.8 Å². The molecule has 0 atom stereocenters. The first kappa shape index (κ1) is 16.8. The Morgan fingerprint density at radius 1 is 1.19 bits per heavy atom. The van der Waals surface area contributed by atoms with E-state index in [1.807, 2.05) is 0 Å². The largest absolute Gasteiger partial charge is 0.496 e. The Morgan fingerprint density at radius 3 is 2.24 bits per heavy atom. The smallest absolute Gasteiger partial charge is 0.323 e. The number of aliphatic carboxylic acids is 2. The fourth-order valence-electron chi connectivity index (χ4n) is 1.72. The number of methoxy groups -OCH3 is 1. The van der Waals surface area contributed by atoms with Gasteiger partial charge in [0.2, 0.25) is 5.91 Å². The first-order valence-corrected chi connectivity index (χ1v) is 6.25. The van der Waals surface area contributed by atoms with Crippen molar-refractivity contribution in [1.82, 2.24) is 4.90 Å². The van der Waals surface area contributed by atoms with Crippen molar-refractivity contribution in [2.24, 2.45) is 0 Å². The molecule has 0 aliphatic heterocycles. The minimum Gasteiger partial charge on any atom is -0.496 e. The number of hydrogen-bond donors (Lipinski definition) is 2. The molecule has 0 bridgehead atoms. The molecule has 7 nitrogen and oxygen atoms in total. The van der Waals surface area contributed by atoms with Gasteiger partial charge in [-0.05, 0) is 18.2 Å². The Morgan fingerprint density at radius 2 is 1.76 bits per heavy atom. The highest BCUT2D eigenvalue weighted by Gasteiger charge is 2.21. The average molecular weight is 316 g/mol. The van der Waals surface area contributed by atoms with Gasteiger partial charge in [-0.1, -0.05) is 11.6 Å². The molecule has 0 spiro atoms. The lowest BCUT2D eigenvalue weighted by molar-refractivity contribution is -0.149. The molecular formula is C13H14ClNO6. The van der Waals surface area contributed by atoms with Crippen LogP contribution in [0.1, 0.15) is 5.56 Å². The number of carbonyl (C=O) groups excluding carboxylic acids is 1. The summed E-state index contributed by atoms with van der Waals surface area (Å²) in [6.07, 6.45) is -0.204. The molecule has 1 amide bonds. The van der Waals surface area contributed by atoms with E-state index in [2.05, 4.69) is 0 Å². The fraction of sp³-hybridized carbons (Fsp3) is 0.308. The highest BCUT2D eigenvalue weighted by atomic mass is 35.5. The second-order valence-corrected chi connectivity index (χ2v) is 4.61. The number of halogens is 1. The summed E-state index contributed by atoms with van der Waals surface area (Å²) < 4.78 is 5.08. The fourth-order valence-corrected chi connectivity index (χ4v) is 1.91. The Kier molecular flexibility index (Phi) is 5.98. The number of rotatable bonds is 7. The van der Waals surface area contributed by atoms with Crippen molar-refractivity contribution < 1.29 is 29.3 Å². The molecule has 8 heteroatoms. The van der Waals surface area contributed by atoms with Crippen LogP contribution in [0.25, 0.3) is 0 Å². The standard InChI is InChI=1S/C13H14ClNO6/c1-21-10-3-2-9(14)4-8(10)5-11(16)15(6-12(17)18)7-13(19)20/h2-4H,5-7H2,1H3,(H,17,18)(H,19,20). The van der Waals surface area contributed by atoms with Crippen LogP contribution in [-0.4, -0.2) is 53.2 Å². The molecule has 0 saturated heterocycles. The summed E-state index contributed by atoms with van der Waals surface area (Å²) in [5.74, 6) is -2.80. The SMILES string of the molecule is COc1ccc(Cl)cc1CC(=O)N(CC(=O)O)CC(=O)O. The van der Waals surface area contributed by atoms with E-state index in [1.54, 1.807) is 12.1 Å². The normalized spacial score (nSPS) is 10.0. The number of ether oxygens (including phenoxy) is 1. The van der Waals surface area contributed by atoms with Gasteiger partial charge in [0, 0.05) is 10.6 Å². The van der Waals surface area contributed by atoms with Gasteiger partial charge in [-0.2, -0.15) is 0 Å². The van der Waals surface area contributed by atoms with E-state index in [9.17, 15) is 14.4 Å². The molecule has 114 valence electrons. The zero-order valence-electron chi connectivity index (χ0n) is 11.2. The van der Waals surface area contributed by atoms with Crippen molar-refractivity contribution in [2.75, 3.05) is 20.2 Å². The highest BCUT2D eigenvalue weighted by Crippen LogP contribution is 2.23. The average Bonchev–Trinajstić information content (AvgIpc) is 2.37. The Labute approximate surface area is 125 Å². The van der Waals surface area contributed by atoms with Crippen molar-refractivity contribution >= 4 is 29.4 Å². The Hall–Kier alpha value is -2.28. The van der Waals surface area contributed by atoms with E-state index >= 15 is 0 Å². The molecule has 0 aliphatic carbocycles. The molecule has 2 N–H and O–H groups in total. The van der Waals surface area contributed by atoms with Crippen LogP contribution in [-0.2, 0) is 20.8 Å². The van der Waals surface area contributed by atoms with E-state index in [0.29, 0.717) is 16.3 Å². The third-order valence-electron chi connectivity index (χ3n) is 2.59. The van der Waals surface area contributed by atoms with Gasteiger partial charge in [-0.15, -0.1) is 0 Å². The predicted molar refractivity (Wildman–Crippen MR) is 73.6 cm³/mol. The van der Waals surface area contributed by atoms with Crippen LogP contribution in [0.2, 0.25) is 5.02 Å². The Balaban J connectivity index is 2.92. The van der Waals surface area contributed by atoms with E-state index in [4.69, 9.17) is 26.6 Å². The topological polar surface area (TPSA) is 104 Å². The number of carboxylic acids is 2. The summed E-state index contributed by atoms with van der Waals surface area (Å²) in [7, 11) is 1.42. The quantitative estimate of drug-likeness (QED) is 0.774. The molecule has 1 rings (SSSR count). The van der Waals surface area contributed by atoms with E-state index in [0.717, 1.165) is 4.90 Å². The maximum Gasteiger partial charge on any atom is 0.323 e. The van der Waals surface area contributed by atoms with Gasteiger partial charge in [-0.25, -0.2) is 0 Å². The summed E-state index contributed by atoms with van der Waals surface area (Å²) in [6.45, 7) is -1.37. The lowest BCUT2D eigenvalue weighted by Gasteiger charge is -2.19. The molecule has 0 aromatic heterocycles. The van der Waals surface area contributed by atoms with Crippen LogP contribution in [0.4, 0.5) is 0 Å². The van der Waals surface area contributed by atoms with Crippen molar-refractivity contribution in [1.29, 1.82) is 0 Å². The van der Waals surface area contributed by atoms with Crippen molar-refractivity contribution in [3.8, 4) is 5.75 Å². The van der Waals surface area contributed by atoms with Gasteiger partial charge in [-0.3, -0.25) is 14.4 Å². The molecular weight excluding hydrogens is 302 g/mol. The maximum absolute atomic E-state index is 12.1. The zero-order valence-corrected chi connectivity index (χ0v) is 12.0. The van der Waals surface area contributed by atoms with Crippen molar-refractivity contribution in [2.45, 2.75) is 6.42 Å². The molecule has 0 fully saturated rings. The predicted octanol–water partition coefficient (Wildman–Crippen LogP) is 0.889. The number of carbonyl (C=O) groups is 3. The van der Waals surface area contributed by atoms with Gasteiger partial charge in [0.25, 0.3) is 0 Å². The molecule has 21 heavy (non-hydrogen) atoms. The van der Waals surface area contributed by atoms with E-state index in [-0.39, 0.29) is 6.42 Å². The van der Waals surface area contributed by atoms with Crippen LogP contribution in [0, 0.1) is 0 Å². The molecule has 0 radical (unpaired) electrons. The minimum atomic E-state index is -1.29. The maximum atomic E-state index is 12.1. The van der Waals surface area contributed by atoms with Crippen molar-refractivity contribution in [3.05, 3.63) is 28.8 Å². The van der Waals surface area contributed by atoms with Crippen molar-refractivity contribution in [3.63, 3.8) is 0 Å². The molecule has 0 unspecified atom stereocenters. The molecule has 1 aromatic rings. The number of benzene rings is 1. The monoisotopic (exact) mass is 315 g/mol. The van der Waals surface area contributed by atoms with Crippen LogP contribution in [0.5, 0.6) is 5.75 Å². The highest BCUT2D eigenvalue weighted by molar-refractivity contribution is 6.30. The Bertz CT molecular complexity index is 544. The lowest BCUT2D eigenvalue weighted by atomic mass is 10.1. The van der Waals surface area contributed by atoms with Crippen LogP contribution >= 0.6 is 11.6 Å². The molecule has 1 aromatic carbocycles. The first-order chi connectivity index (χ1) is 9.83. The number of carboxylic acid groups (broad SMARTS) is 2. The second-order valence-electron chi connectivity index (χ2n) is 4.17. The zero-order chi connectivity index (χ0) is 16.0. The van der Waals surface area contributed by atoms with E-state index < -0.39 is 30.9 Å². The van der Waals surface area contributed by atoms with Crippen LogP contribution < -0.4 is 4.74 Å². The van der Waals surface area contributed by atoms with Gasteiger partial charge in [0.05, 0.1) is 13.5 Å². The molecule has 0 heterocycles. The van der Waals surface area contributed by atoms with Gasteiger partial charge >= 0.3 is 11.9 Å². The van der Waals surface area contributed by atoms with Gasteiger partial charge in [0.15, 0.2) is 0 Å². The number of nitrogens with zero attached hydrogens (tertiary/aromatic N) is 1. The first-order valence-electron chi connectivity index (χ1n) is 5.87. The molecule has 0 saturated carbocycles. The number of amides is 1. The summed E-state index contributed by atoms with van der Waals surface area (Å²) in [5, 5.41) is 17.8. The van der Waals surface area contributed by atoms with Gasteiger partial charge in [0.1, 0.15) is 18.8 Å². The number of hydrogen-bond acceptors (Lipinski definition) is 4. The molecule has 0 aliphatic rings. The minimum absolute atomic E-state index is 0.204.